The molecule has 0 radical (unpaired) electrons. The summed E-state index contributed by atoms with van der Waals surface area (Å²) < 4.78 is 36.8. The van der Waals surface area contributed by atoms with Crippen molar-refractivity contribution in [3.05, 3.63) is 71.7 Å². The number of piperidine rings is 1. The topological polar surface area (TPSA) is 121 Å². The van der Waals surface area contributed by atoms with Gasteiger partial charge in [0.2, 0.25) is 5.82 Å². The van der Waals surface area contributed by atoms with Crippen LogP contribution in [0, 0.1) is 23.5 Å². The summed E-state index contributed by atoms with van der Waals surface area (Å²) in [4.78, 5) is 34.7. The summed E-state index contributed by atoms with van der Waals surface area (Å²) in [5.41, 5.74) is 3.04. The summed E-state index contributed by atoms with van der Waals surface area (Å²) in [6, 6.07) is 8.35. The standard InChI is InChI=1S/C34H39F2N7O4/c1-4-23-15-24(40-31-32-38-17-27(42(32)12-11-37-31)26-7-8-28(47-3)30(36)29(26)35)5-6-25(23)33(44)39-16-21-9-13-43(2,14-10-21)20-22-18-41(19-22)34(45)46/h5-8,11-12,15,17,21-22H,4,9-10,13-14,16,18-20H2,1-3H3,(H2-,37,39,40,44,45,46)/p+1. The number of hydrogen-bond donors (Lipinski definition) is 3. The number of ether oxygens (including phenoxy) is 1. The summed E-state index contributed by atoms with van der Waals surface area (Å²) in [5, 5.41) is 15.5. The van der Waals surface area contributed by atoms with Gasteiger partial charge in [0, 0.05) is 67.6 Å². The Morgan fingerprint density at radius 2 is 1.85 bits per heavy atom. The summed E-state index contributed by atoms with van der Waals surface area (Å²) in [6.07, 6.45) is 6.49. The predicted octanol–water partition coefficient (Wildman–Crippen LogP) is 5.19. The van der Waals surface area contributed by atoms with E-state index >= 15 is 0 Å². The van der Waals surface area contributed by atoms with Gasteiger partial charge in [-0.1, -0.05) is 6.92 Å². The number of fused-ring (bicyclic) bond motifs is 1. The number of benzene rings is 2. The summed E-state index contributed by atoms with van der Waals surface area (Å²) in [6.45, 7) is 6.91. The first-order valence-corrected chi connectivity index (χ1v) is 15.9. The first-order chi connectivity index (χ1) is 22.6. The molecule has 2 aromatic heterocycles. The first kappa shape index (κ1) is 32.2. The molecule has 2 amide bonds. The van der Waals surface area contributed by atoms with Crippen LogP contribution in [0.4, 0.5) is 25.1 Å². The second kappa shape index (κ2) is 13.1. The van der Waals surface area contributed by atoms with Gasteiger partial charge in [-0.05, 0) is 48.2 Å². The number of aromatic nitrogens is 3. The third kappa shape index (κ3) is 6.57. The molecule has 47 heavy (non-hydrogen) atoms. The van der Waals surface area contributed by atoms with Crippen LogP contribution in [0.15, 0.2) is 48.9 Å². The van der Waals surface area contributed by atoms with Crippen LogP contribution in [-0.2, 0) is 6.42 Å². The number of imidazole rings is 1. The molecule has 0 aliphatic carbocycles. The molecule has 0 atom stereocenters. The number of nitrogens with zero attached hydrogens (tertiary/aromatic N) is 5. The zero-order chi connectivity index (χ0) is 33.3. The van der Waals surface area contributed by atoms with Crippen molar-refractivity contribution >= 4 is 29.2 Å². The van der Waals surface area contributed by atoms with E-state index in [1.165, 1.54) is 30.3 Å². The molecule has 2 aliphatic heterocycles. The average Bonchev–Trinajstić information content (AvgIpc) is 3.48. The van der Waals surface area contributed by atoms with Gasteiger partial charge in [-0.25, -0.2) is 19.2 Å². The fraction of sp³-hybridized carbons (Fsp3) is 0.412. The van der Waals surface area contributed by atoms with Gasteiger partial charge in [0.15, 0.2) is 23.0 Å². The SMILES string of the molecule is CCc1cc(Nc2nccn3c(-c4ccc(OC)c(F)c4F)cnc23)ccc1C(=O)NCC1CC[N+](C)(CC2CN(C(=O)O)C2)CC1. The Balaban J connectivity index is 1.08. The molecule has 0 saturated carbocycles. The van der Waals surface area contributed by atoms with Gasteiger partial charge in [-0.2, -0.15) is 4.39 Å². The molecule has 4 heterocycles. The lowest BCUT2D eigenvalue weighted by atomic mass is 9.92. The van der Waals surface area contributed by atoms with Crippen molar-refractivity contribution in [3.63, 3.8) is 0 Å². The van der Waals surface area contributed by atoms with Gasteiger partial charge in [-0.3, -0.25) is 9.20 Å². The molecule has 4 aromatic rings. The molecule has 2 saturated heterocycles. The maximum absolute atomic E-state index is 14.9. The van der Waals surface area contributed by atoms with Crippen LogP contribution in [0.25, 0.3) is 16.9 Å². The first-order valence-electron chi connectivity index (χ1n) is 15.9. The Kier molecular flexibility index (Phi) is 9.00. The van der Waals surface area contributed by atoms with Crippen LogP contribution in [-0.4, -0.2) is 94.3 Å². The van der Waals surface area contributed by atoms with Crippen LogP contribution in [0.2, 0.25) is 0 Å². The van der Waals surface area contributed by atoms with Crippen LogP contribution in [0.5, 0.6) is 5.75 Å². The molecule has 11 nitrogen and oxygen atoms in total. The Bertz CT molecular complexity index is 1800. The van der Waals surface area contributed by atoms with Gasteiger partial charge in [0.05, 0.1) is 45.7 Å². The lowest BCUT2D eigenvalue weighted by Crippen LogP contribution is -2.60. The highest BCUT2D eigenvalue weighted by Crippen LogP contribution is 2.32. The zero-order valence-corrected chi connectivity index (χ0v) is 26.8. The normalized spacial score (nSPS) is 19.8. The van der Waals surface area contributed by atoms with E-state index in [-0.39, 0.29) is 17.2 Å². The maximum atomic E-state index is 14.9. The molecule has 0 spiro atoms. The summed E-state index contributed by atoms with van der Waals surface area (Å²) in [5.74, 6) is -1.13. The number of hydrogen-bond acceptors (Lipinski definition) is 6. The van der Waals surface area contributed by atoms with E-state index in [0.29, 0.717) is 66.3 Å². The highest BCUT2D eigenvalue weighted by atomic mass is 19.2. The van der Waals surface area contributed by atoms with Crippen LogP contribution < -0.4 is 15.4 Å². The van der Waals surface area contributed by atoms with Crippen molar-refractivity contribution in [2.75, 3.05) is 58.7 Å². The second-order valence-corrected chi connectivity index (χ2v) is 12.9. The number of nitrogens with one attached hydrogen (secondary N) is 2. The third-order valence-electron chi connectivity index (χ3n) is 9.60. The number of aryl methyl sites for hydroxylation is 1. The van der Waals surface area contributed by atoms with Gasteiger partial charge < -0.3 is 29.9 Å². The van der Waals surface area contributed by atoms with Gasteiger partial charge in [-0.15, -0.1) is 0 Å². The van der Waals surface area contributed by atoms with Crippen molar-refractivity contribution in [1.29, 1.82) is 0 Å². The summed E-state index contributed by atoms with van der Waals surface area (Å²) >= 11 is 0. The molecule has 2 aliphatic rings. The molecule has 2 fully saturated rings. The molecule has 0 bridgehead atoms. The Labute approximate surface area is 271 Å². The van der Waals surface area contributed by atoms with Crippen molar-refractivity contribution in [2.24, 2.45) is 11.8 Å². The second-order valence-electron chi connectivity index (χ2n) is 12.9. The smallest absolute Gasteiger partial charge is 0.407 e. The monoisotopic (exact) mass is 648 g/mol. The van der Waals surface area contributed by atoms with Gasteiger partial charge in [0.1, 0.15) is 0 Å². The maximum Gasteiger partial charge on any atom is 0.407 e. The number of amides is 2. The fourth-order valence-corrected chi connectivity index (χ4v) is 6.84. The fourth-order valence-electron chi connectivity index (χ4n) is 6.84. The highest BCUT2D eigenvalue weighted by molar-refractivity contribution is 5.96. The number of methoxy groups -OCH3 is 1. The van der Waals surface area contributed by atoms with E-state index in [9.17, 15) is 18.4 Å². The average molecular weight is 649 g/mol. The molecule has 0 unspecified atom stereocenters. The van der Waals surface area contributed by atoms with Gasteiger partial charge >= 0.3 is 6.09 Å². The van der Waals surface area contributed by atoms with Crippen molar-refractivity contribution in [1.82, 2.24) is 24.6 Å². The van der Waals surface area contributed by atoms with Crippen LogP contribution in [0.1, 0.15) is 35.7 Å². The summed E-state index contributed by atoms with van der Waals surface area (Å²) in [7, 11) is 3.53. The minimum atomic E-state index is -1.07. The molecule has 3 N–H and O–H groups in total. The van der Waals surface area contributed by atoms with E-state index in [0.717, 1.165) is 42.5 Å². The number of anilines is 2. The minimum Gasteiger partial charge on any atom is -0.494 e. The molecule has 6 rings (SSSR count). The quantitative estimate of drug-likeness (QED) is 0.203. The molecular weight excluding hydrogens is 608 g/mol. The lowest BCUT2D eigenvalue weighted by Gasteiger charge is -2.46. The molecular formula is C34H40F2N7O4+. The number of halogens is 2. The number of likely N-dealkylation sites (tertiary alicyclic amines) is 2. The van der Waals surface area contributed by atoms with E-state index in [1.54, 1.807) is 22.9 Å². The minimum absolute atomic E-state index is 0.0422. The number of carbonyl (C=O) groups is 2. The van der Waals surface area contributed by atoms with Crippen LogP contribution in [0.3, 0.4) is 0 Å². The lowest BCUT2D eigenvalue weighted by molar-refractivity contribution is -0.918. The largest absolute Gasteiger partial charge is 0.494 e. The zero-order valence-electron chi connectivity index (χ0n) is 26.8. The third-order valence-corrected chi connectivity index (χ3v) is 9.60. The molecule has 2 aromatic carbocycles. The van der Waals surface area contributed by atoms with Crippen LogP contribution >= 0.6 is 0 Å². The Morgan fingerprint density at radius 3 is 2.55 bits per heavy atom. The van der Waals surface area contributed by atoms with Crippen molar-refractivity contribution in [3.8, 4) is 17.0 Å². The van der Waals surface area contributed by atoms with E-state index in [4.69, 9.17) is 9.84 Å². The molecule has 248 valence electrons. The number of carboxylic acid groups (broad SMARTS) is 1. The predicted molar refractivity (Wildman–Crippen MR) is 173 cm³/mol. The Morgan fingerprint density at radius 1 is 1.09 bits per heavy atom. The highest BCUT2D eigenvalue weighted by Gasteiger charge is 2.38. The number of quaternary nitrogens is 1. The van der Waals surface area contributed by atoms with Crippen molar-refractivity contribution < 1.29 is 32.7 Å². The van der Waals surface area contributed by atoms with E-state index in [1.807, 2.05) is 19.1 Å². The van der Waals surface area contributed by atoms with Gasteiger partial charge in [0.25, 0.3) is 5.91 Å². The van der Waals surface area contributed by atoms with E-state index < -0.39 is 17.7 Å². The van der Waals surface area contributed by atoms with Crippen molar-refractivity contribution in [2.45, 2.75) is 26.2 Å². The molecule has 13 heteroatoms. The number of carbonyl (C=O) groups excluding carboxylic acids is 1. The number of rotatable bonds is 10. The Hall–Kier alpha value is -4.78. The van der Waals surface area contributed by atoms with E-state index in [2.05, 4.69) is 27.6 Å².